The third kappa shape index (κ3) is 3.44. The van der Waals surface area contributed by atoms with Crippen molar-refractivity contribution in [3.63, 3.8) is 0 Å². The van der Waals surface area contributed by atoms with Crippen molar-refractivity contribution >= 4 is 23.0 Å². The van der Waals surface area contributed by atoms with Crippen LogP contribution in [0, 0.1) is 11.6 Å². The average Bonchev–Trinajstić information content (AvgIpc) is 2.20. The quantitative estimate of drug-likeness (QED) is 0.497. The number of hydrogen-bond acceptors (Lipinski definition) is 4. The van der Waals surface area contributed by atoms with Crippen molar-refractivity contribution in [1.29, 1.82) is 0 Å². The number of carbonyl (C=O) groups is 2. The maximum atomic E-state index is 13.2. The summed E-state index contributed by atoms with van der Waals surface area (Å²) in [4.78, 5) is 22.0. The van der Waals surface area contributed by atoms with E-state index in [4.69, 9.17) is 0 Å². The second-order valence-electron chi connectivity index (χ2n) is 3.31. The van der Waals surface area contributed by atoms with E-state index in [9.17, 15) is 18.4 Å². The smallest absolute Gasteiger partial charge is 0.183 e. The molecule has 0 aliphatic carbocycles. The second-order valence-corrected chi connectivity index (χ2v) is 3.31. The fourth-order valence-corrected chi connectivity index (χ4v) is 1.10. The summed E-state index contributed by atoms with van der Waals surface area (Å²) < 4.78 is 25.8. The normalized spacial score (nSPS) is 9.65. The number of anilines is 1. The lowest BCUT2D eigenvalue weighted by Gasteiger charge is -2.03. The van der Waals surface area contributed by atoms with Crippen LogP contribution in [0.1, 0.15) is 13.8 Å². The minimum absolute atomic E-state index is 0.119. The van der Waals surface area contributed by atoms with Crippen LogP contribution in [-0.2, 0) is 9.59 Å². The van der Waals surface area contributed by atoms with Gasteiger partial charge in [0.05, 0.1) is 5.69 Å². The van der Waals surface area contributed by atoms with Gasteiger partial charge in [-0.15, -0.1) is 0 Å². The molecule has 6 heteroatoms. The SMILES string of the molecule is CC(=O)C(=NNc1ccc(F)cc1F)C(C)=O. The molecule has 0 fully saturated rings. The zero-order valence-electron chi connectivity index (χ0n) is 9.25. The number of Topliss-reactive ketones (excluding diaryl/α,β-unsaturated/α-hetero) is 2. The van der Waals surface area contributed by atoms with Crippen molar-refractivity contribution < 1.29 is 18.4 Å². The first-order valence-electron chi connectivity index (χ1n) is 4.72. The molecule has 1 aromatic carbocycles. The van der Waals surface area contributed by atoms with Gasteiger partial charge in [-0.2, -0.15) is 5.10 Å². The first-order chi connectivity index (χ1) is 7.91. The van der Waals surface area contributed by atoms with Gasteiger partial charge in [0.1, 0.15) is 5.82 Å². The van der Waals surface area contributed by atoms with Crippen LogP contribution in [0.3, 0.4) is 0 Å². The summed E-state index contributed by atoms with van der Waals surface area (Å²) in [5.74, 6) is -2.66. The molecule has 0 unspecified atom stereocenters. The van der Waals surface area contributed by atoms with Crippen LogP contribution in [0.25, 0.3) is 0 Å². The van der Waals surface area contributed by atoms with Gasteiger partial charge >= 0.3 is 0 Å². The molecule has 0 aliphatic rings. The summed E-state index contributed by atoms with van der Waals surface area (Å²) >= 11 is 0. The van der Waals surface area contributed by atoms with Gasteiger partial charge in [-0.1, -0.05) is 0 Å². The van der Waals surface area contributed by atoms with Crippen LogP contribution >= 0.6 is 0 Å². The van der Waals surface area contributed by atoms with Crippen LogP contribution in [0.15, 0.2) is 23.3 Å². The largest absolute Gasteiger partial charge is 0.293 e. The summed E-state index contributed by atoms with van der Waals surface area (Å²) in [5.41, 5.74) is 1.76. The van der Waals surface area contributed by atoms with Crippen molar-refractivity contribution in [2.24, 2.45) is 5.10 Å². The van der Waals surface area contributed by atoms with Gasteiger partial charge in [0, 0.05) is 19.9 Å². The summed E-state index contributed by atoms with van der Waals surface area (Å²) in [7, 11) is 0. The van der Waals surface area contributed by atoms with E-state index in [1.165, 1.54) is 13.8 Å². The Morgan fingerprint density at radius 1 is 1.18 bits per heavy atom. The molecule has 0 radical (unpaired) electrons. The Kier molecular flexibility index (Phi) is 4.03. The van der Waals surface area contributed by atoms with E-state index in [0.717, 1.165) is 12.1 Å². The number of benzene rings is 1. The van der Waals surface area contributed by atoms with Crippen molar-refractivity contribution in [2.45, 2.75) is 13.8 Å². The number of rotatable bonds is 4. The van der Waals surface area contributed by atoms with Gasteiger partial charge in [0.15, 0.2) is 23.1 Å². The van der Waals surface area contributed by atoms with E-state index in [0.29, 0.717) is 6.07 Å². The molecule has 1 rings (SSSR count). The predicted molar refractivity (Wildman–Crippen MR) is 58.8 cm³/mol. The van der Waals surface area contributed by atoms with Gasteiger partial charge in [0.2, 0.25) is 0 Å². The number of carbonyl (C=O) groups excluding carboxylic acids is 2. The fraction of sp³-hybridized carbons (Fsp3) is 0.182. The van der Waals surface area contributed by atoms with E-state index in [-0.39, 0.29) is 11.4 Å². The zero-order valence-corrected chi connectivity index (χ0v) is 9.25. The molecule has 4 nitrogen and oxygen atoms in total. The third-order valence-corrected chi connectivity index (χ3v) is 1.89. The zero-order chi connectivity index (χ0) is 13.0. The lowest BCUT2D eigenvalue weighted by atomic mass is 10.2. The maximum Gasteiger partial charge on any atom is 0.183 e. The molecule has 0 bridgehead atoms. The molecule has 0 heterocycles. The number of nitrogens with zero attached hydrogens (tertiary/aromatic N) is 1. The Bertz CT molecular complexity index is 482. The Balaban J connectivity index is 2.95. The fourth-order valence-electron chi connectivity index (χ4n) is 1.10. The van der Waals surface area contributed by atoms with E-state index in [2.05, 4.69) is 10.5 Å². The summed E-state index contributed by atoms with van der Waals surface area (Å²) in [6.07, 6.45) is 0. The third-order valence-electron chi connectivity index (χ3n) is 1.89. The Hall–Kier alpha value is -2.11. The lowest BCUT2D eigenvalue weighted by Crippen LogP contribution is -2.20. The highest BCUT2D eigenvalue weighted by Crippen LogP contribution is 2.14. The van der Waals surface area contributed by atoms with Crippen LogP contribution in [0.5, 0.6) is 0 Å². The predicted octanol–water partition coefficient (Wildman–Crippen LogP) is 1.91. The first-order valence-corrected chi connectivity index (χ1v) is 4.72. The molecule has 17 heavy (non-hydrogen) atoms. The van der Waals surface area contributed by atoms with Crippen LogP contribution in [0.2, 0.25) is 0 Å². The van der Waals surface area contributed by atoms with E-state index >= 15 is 0 Å². The molecule has 0 amide bonds. The summed E-state index contributed by atoms with van der Waals surface area (Å²) in [5, 5.41) is 3.49. The molecule has 0 saturated heterocycles. The van der Waals surface area contributed by atoms with Gasteiger partial charge < -0.3 is 0 Å². The molecular formula is C11H10F2N2O2. The van der Waals surface area contributed by atoms with Gasteiger partial charge in [0.25, 0.3) is 0 Å². The Labute approximate surface area is 96.3 Å². The molecule has 0 aromatic heterocycles. The minimum atomic E-state index is -0.861. The molecule has 0 spiro atoms. The van der Waals surface area contributed by atoms with Crippen molar-refractivity contribution in [2.75, 3.05) is 5.43 Å². The van der Waals surface area contributed by atoms with Crippen LogP contribution in [0.4, 0.5) is 14.5 Å². The first kappa shape index (κ1) is 13.0. The standard InChI is InChI=1S/C11H10F2N2O2/c1-6(16)11(7(2)17)15-14-10-4-3-8(12)5-9(10)13/h3-5,14H,1-2H3. The monoisotopic (exact) mass is 240 g/mol. The molecule has 0 aliphatic heterocycles. The Morgan fingerprint density at radius 3 is 2.24 bits per heavy atom. The van der Waals surface area contributed by atoms with Crippen molar-refractivity contribution in [3.05, 3.63) is 29.8 Å². The van der Waals surface area contributed by atoms with Gasteiger partial charge in [-0.3, -0.25) is 15.0 Å². The molecule has 0 saturated carbocycles. The van der Waals surface area contributed by atoms with Crippen LogP contribution in [-0.4, -0.2) is 17.3 Å². The average molecular weight is 240 g/mol. The highest BCUT2D eigenvalue weighted by atomic mass is 19.1. The number of halogens is 2. The molecule has 0 atom stereocenters. The topological polar surface area (TPSA) is 58.5 Å². The van der Waals surface area contributed by atoms with E-state index in [1.807, 2.05) is 0 Å². The number of hydrazone groups is 1. The van der Waals surface area contributed by atoms with E-state index < -0.39 is 23.2 Å². The van der Waals surface area contributed by atoms with Crippen molar-refractivity contribution in [3.8, 4) is 0 Å². The lowest BCUT2D eigenvalue weighted by molar-refractivity contribution is -0.114. The van der Waals surface area contributed by atoms with Crippen LogP contribution < -0.4 is 5.43 Å². The Morgan fingerprint density at radius 2 is 1.76 bits per heavy atom. The number of hydrogen-bond donors (Lipinski definition) is 1. The van der Waals surface area contributed by atoms with Gasteiger partial charge in [-0.25, -0.2) is 8.78 Å². The summed E-state index contributed by atoms with van der Waals surface area (Å²) in [6.45, 7) is 2.34. The molecule has 1 aromatic rings. The van der Waals surface area contributed by atoms with Gasteiger partial charge in [-0.05, 0) is 12.1 Å². The summed E-state index contributed by atoms with van der Waals surface area (Å²) in [6, 6.07) is 2.81. The van der Waals surface area contributed by atoms with Crippen molar-refractivity contribution in [1.82, 2.24) is 0 Å². The maximum absolute atomic E-state index is 13.2. The highest BCUT2D eigenvalue weighted by Gasteiger charge is 2.12. The van der Waals surface area contributed by atoms with E-state index in [1.54, 1.807) is 0 Å². The number of nitrogens with one attached hydrogen (secondary N) is 1. The minimum Gasteiger partial charge on any atom is -0.293 e. The highest BCUT2D eigenvalue weighted by molar-refractivity contribution is 6.65. The molecular weight excluding hydrogens is 230 g/mol. The second kappa shape index (κ2) is 5.29. The molecule has 90 valence electrons. The number of ketones is 2. The molecule has 1 N–H and O–H groups in total.